The first-order chi connectivity index (χ1) is 10.8. The lowest BCUT2D eigenvalue weighted by atomic mass is 10.2. The highest BCUT2D eigenvalue weighted by Gasteiger charge is 2.32. The largest absolute Gasteiger partial charge is 0.493 e. The van der Waals surface area contributed by atoms with Gasteiger partial charge >= 0.3 is 6.03 Å². The summed E-state index contributed by atoms with van der Waals surface area (Å²) in [5.74, 6) is 0.484. The van der Waals surface area contributed by atoms with E-state index in [0.717, 1.165) is 4.90 Å². The van der Waals surface area contributed by atoms with Crippen LogP contribution in [0.4, 0.5) is 10.5 Å². The molecule has 9 nitrogen and oxygen atoms in total. The third kappa shape index (κ3) is 3.33. The van der Waals surface area contributed by atoms with Gasteiger partial charge in [0.25, 0.3) is 0 Å². The highest BCUT2D eigenvalue weighted by atomic mass is 16.5. The van der Waals surface area contributed by atoms with E-state index in [9.17, 15) is 4.79 Å². The summed E-state index contributed by atoms with van der Waals surface area (Å²) in [4.78, 5) is 14.7. The number of methoxy groups -OCH3 is 4. The fourth-order valence-corrected chi connectivity index (χ4v) is 2.01. The standard InChI is InChI=1S/C14H22N4O5/c1-17(2)14(19)18(13(15)16)10-11(22-5)8(20-3)7-9(21-4)12(10)23-6/h7H,1-6H3,(H3,15,16). The van der Waals surface area contributed by atoms with Crippen LogP contribution in [-0.2, 0) is 0 Å². The predicted octanol–water partition coefficient (Wildman–Crippen LogP) is 1.10. The highest BCUT2D eigenvalue weighted by molar-refractivity contribution is 6.16. The number of ether oxygens (including phenoxy) is 4. The SMILES string of the molecule is COc1cc(OC)c(OC)c(N(C(=N)N)C(=O)N(C)C)c1OC. The molecule has 0 radical (unpaired) electrons. The highest BCUT2D eigenvalue weighted by Crippen LogP contribution is 2.50. The summed E-state index contributed by atoms with van der Waals surface area (Å²) in [7, 11) is 8.78. The topological polar surface area (TPSA) is 110 Å². The second-order valence-electron chi connectivity index (χ2n) is 4.59. The molecule has 9 heteroatoms. The molecule has 1 rings (SSSR count). The van der Waals surface area contributed by atoms with Gasteiger partial charge in [0.2, 0.25) is 5.96 Å². The lowest BCUT2D eigenvalue weighted by Crippen LogP contribution is -2.47. The average molecular weight is 326 g/mol. The quantitative estimate of drug-likeness (QED) is 0.619. The minimum absolute atomic E-state index is 0.123. The van der Waals surface area contributed by atoms with Crippen LogP contribution >= 0.6 is 0 Å². The molecule has 0 aliphatic rings. The van der Waals surface area contributed by atoms with E-state index in [1.165, 1.54) is 47.4 Å². The number of rotatable bonds is 5. The number of nitrogens with two attached hydrogens (primary N) is 1. The van der Waals surface area contributed by atoms with Crippen molar-refractivity contribution in [3.63, 3.8) is 0 Å². The van der Waals surface area contributed by atoms with Crippen molar-refractivity contribution in [1.82, 2.24) is 4.90 Å². The van der Waals surface area contributed by atoms with Gasteiger partial charge in [-0.1, -0.05) is 0 Å². The molecule has 0 spiro atoms. The maximum Gasteiger partial charge on any atom is 0.331 e. The molecule has 0 saturated carbocycles. The van der Waals surface area contributed by atoms with Crippen LogP contribution in [0.1, 0.15) is 0 Å². The molecule has 3 N–H and O–H groups in total. The number of urea groups is 1. The van der Waals surface area contributed by atoms with Gasteiger partial charge in [0.15, 0.2) is 23.0 Å². The smallest absolute Gasteiger partial charge is 0.331 e. The Labute approximate surface area is 135 Å². The van der Waals surface area contributed by atoms with E-state index in [4.69, 9.17) is 30.1 Å². The molecular weight excluding hydrogens is 304 g/mol. The number of nitrogens with one attached hydrogen (secondary N) is 1. The van der Waals surface area contributed by atoms with E-state index in [-0.39, 0.29) is 17.2 Å². The maximum atomic E-state index is 12.5. The first-order valence-electron chi connectivity index (χ1n) is 6.56. The van der Waals surface area contributed by atoms with Crippen molar-refractivity contribution < 1.29 is 23.7 Å². The minimum atomic E-state index is -0.551. The zero-order valence-electron chi connectivity index (χ0n) is 14.1. The summed E-state index contributed by atoms with van der Waals surface area (Å²) < 4.78 is 21.2. The van der Waals surface area contributed by atoms with E-state index in [1.54, 1.807) is 6.07 Å². The van der Waals surface area contributed by atoms with Crippen LogP contribution in [0.15, 0.2) is 6.07 Å². The van der Waals surface area contributed by atoms with E-state index >= 15 is 0 Å². The van der Waals surface area contributed by atoms with Gasteiger partial charge in [-0.3, -0.25) is 5.41 Å². The van der Waals surface area contributed by atoms with Crippen LogP contribution in [-0.4, -0.2) is 59.4 Å². The lowest BCUT2D eigenvalue weighted by Gasteiger charge is -2.28. The average Bonchev–Trinajstić information content (AvgIpc) is 2.52. The number of benzene rings is 1. The fraction of sp³-hybridized carbons (Fsp3) is 0.429. The molecule has 0 aromatic heterocycles. The Morgan fingerprint density at radius 1 is 1.00 bits per heavy atom. The van der Waals surface area contributed by atoms with Crippen LogP contribution in [0.5, 0.6) is 23.0 Å². The van der Waals surface area contributed by atoms with Crippen molar-refractivity contribution in [3.8, 4) is 23.0 Å². The number of carbonyl (C=O) groups excluding carboxylic acids is 1. The molecule has 128 valence electrons. The summed E-state index contributed by atoms with van der Waals surface area (Å²) in [6, 6.07) is 1.00. The Balaban J connectivity index is 3.81. The summed E-state index contributed by atoms with van der Waals surface area (Å²) in [6.07, 6.45) is 0. The van der Waals surface area contributed by atoms with E-state index in [2.05, 4.69) is 0 Å². The first-order valence-corrected chi connectivity index (χ1v) is 6.56. The van der Waals surface area contributed by atoms with Gasteiger partial charge in [-0.25, -0.2) is 9.69 Å². The molecule has 0 aliphatic carbocycles. The molecule has 0 saturated heterocycles. The zero-order valence-corrected chi connectivity index (χ0v) is 14.1. The second-order valence-corrected chi connectivity index (χ2v) is 4.59. The summed E-state index contributed by atoms with van der Waals surface area (Å²) in [6.45, 7) is 0. The molecule has 0 aliphatic heterocycles. The summed E-state index contributed by atoms with van der Waals surface area (Å²) in [5.41, 5.74) is 5.73. The Kier molecular flexibility index (Phi) is 5.88. The van der Waals surface area contributed by atoms with Crippen molar-refractivity contribution >= 4 is 17.7 Å². The van der Waals surface area contributed by atoms with Gasteiger partial charge in [0.1, 0.15) is 5.69 Å². The maximum absolute atomic E-state index is 12.5. The number of anilines is 1. The third-order valence-corrected chi connectivity index (χ3v) is 3.03. The monoisotopic (exact) mass is 326 g/mol. The fourth-order valence-electron chi connectivity index (χ4n) is 2.01. The number of nitrogens with zero attached hydrogens (tertiary/aromatic N) is 2. The minimum Gasteiger partial charge on any atom is -0.493 e. The van der Waals surface area contributed by atoms with Crippen LogP contribution in [0.25, 0.3) is 0 Å². The van der Waals surface area contributed by atoms with Gasteiger partial charge < -0.3 is 29.6 Å². The van der Waals surface area contributed by atoms with Gasteiger partial charge in [-0.2, -0.15) is 0 Å². The number of guanidine groups is 1. The summed E-state index contributed by atoms with van der Waals surface area (Å²) >= 11 is 0. The molecule has 23 heavy (non-hydrogen) atoms. The van der Waals surface area contributed by atoms with Crippen molar-refractivity contribution in [3.05, 3.63) is 6.07 Å². The van der Waals surface area contributed by atoms with Crippen molar-refractivity contribution in [2.75, 3.05) is 47.4 Å². The summed E-state index contributed by atoms with van der Waals surface area (Å²) in [5, 5.41) is 7.77. The first kappa shape index (κ1) is 18.2. The third-order valence-electron chi connectivity index (χ3n) is 3.03. The van der Waals surface area contributed by atoms with E-state index < -0.39 is 12.0 Å². The lowest BCUT2D eigenvalue weighted by molar-refractivity contribution is 0.226. The predicted molar refractivity (Wildman–Crippen MR) is 86.1 cm³/mol. The normalized spacial score (nSPS) is 9.83. The van der Waals surface area contributed by atoms with Crippen LogP contribution in [0.2, 0.25) is 0 Å². The zero-order chi connectivity index (χ0) is 17.7. The number of amides is 2. The van der Waals surface area contributed by atoms with Crippen molar-refractivity contribution in [2.45, 2.75) is 0 Å². The van der Waals surface area contributed by atoms with Gasteiger partial charge in [0.05, 0.1) is 28.4 Å². The van der Waals surface area contributed by atoms with Crippen molar-refractivity contribution in [2.24, 2.45) is 5.73 Å². The molecule has 1 aromatic rings. The molecule has 0 bridgehead atoms. The Bertz CT molecular complexity index is 573. The Hall–Kier alpha value is -2.84. The van der Waals surface area contributed by atoms with E-state index in [0.29, 0.717) is 11.5 Å². The molecule has 0 atom stereocenters. The molecule has 0 heterocycles. The molecule has 0 unspecified atom stereocenters. The Morgan fingerprint density at radius 3 is 1.70 bits per heavy atom. The second kappa shape index (κ2) is 7.43. The van der Waals surface area contributed by atoms with Gasteiger partial charge in [-0.15, -0.1) is 0 Å². The van der Waals surface area contributed by atoms with Gasteiger partial charge in [-0.05, 0) is 0 Å². The van der Waals surface area contributed by atoms with Crippen LogP contribution < -0.4 is 29.6 Å². The molecule has 0 fully saturated rings. The van der Waals surface area contributed by atoms with Crippen LogP contribution in [0, 0.1) is 5.41 Å². The number of hydrogen-bond acceptors (Lipinski definition) is 6. The van der Waals surface area contributed by atoms with Crippen LogP contribution in [0.3, 0.4) is 0 Å². The molecule has 1 aromatic carbocycles. The molecular formula is C14H22N4O5. The van der Waals surface area contributed by atoms with Crippen molar-refractivity contribution in [1.29, 1.82) is 5.41 Å². The number of carbonyl (C=O) groups is 1. The molecule has 2 amide bonds. The Morgan fingerprint density at radius 2 is 1.43 bits per heavy atom. The van der Waals surface area contributed by atoms with E-state index in [1.807, 2.05) is 0 Å². The number of hydrogen-bond donors (Lipinski definition) is 2. The van der Waals surface area contributed by atoms with Gasteiger partial charge in [0, 0.05) is 20.2 Å².